The minimum Gasteiger partial charge on any atom is -0.398 e. The quantitative estimate of drug-likeness (QED) is 0.631. The second-order valence-electron chi connectivity index (χ2n) is 3.25. The summed E-state index contributed by atoms with van der Waals surface area (Å²) in [6.07, 6.45) is 0.966. The van der Waals surface area contributed by atoms with E-state index < -0.39 is 0 Å². The van der Waals surface area contributed by atoms with E-state index in [-0.39, 0.29) is 0 Å². The minimum atomic E-state index is 0.852. The van der Waals surface area contributed by atoms with Crippen LogP contribution in [0.3, 0.4) is 0 Å². The molecule has 3 nitrogen and oxygen atoms in total. The van der Waals surface area contributed by atoms with Crippen molar-refractivity contribution >= 4 is 11.4 Å². The highest BCUT2D eigenvalue weighted by Crippen LogP contribution is 2.19. The number of nitrogen functional groups attached to an aromatic ring is 1. The van der Waals surface area contributed by atoms with E-state index in [1.54, 1.807) is 0 Å². The first-order valence-electron chi connectivity index (χ1n) is 4.44. The van der Waals surface area contributed by atoms with Crippen LogP contribution < -0.4 is 11.2 Å². The molecule has 0 unspecified atom stereocenters. The number of hydrazone groups is 1. The van der Waals surface area contributed by atoms with Crippen LogP contribution in [0.5, 0.6) is 0 Å². The molecule has 0 spiro atoms. The fourth-order valence-electron chi connectivity index (χ4n) is 1.51. The van der Waals surface area contributed by atoms with E-state index in [1.807, 2.05) is 25.1 Å². The summed E-state index contributed by atoms with van der Waals surface area (Å²) < 4.78 is 0. The van der Waals surface area contributed by atoms with Gasteiger partial charge in [-0.3, -0.25) is 0 Å². The number of anilines is 1. The van der Waals surface area contributed by atoms with E-state index in [9.17, 15) is 0 Å². The molecular weight excluding hydrogens is 162 g/mol. The molecule has 3 heteroatoms. The lowest BCUT2D eigenvalue weighted by Crippen LogP contribution is -2.03. The fourth-order valence-corrected chi connectivity index (χ4v) is 1.51. The van der Waals surface area contributed by atoms with Crippen molar-refractivity contribution in [2.75, 3.05) is 12.3 Å². The number of hydrogen-bond acceptors (Lipinski definition) is 3. The first kappa shape index (κ1) is 8.10. The lowest BCUT2D eigenvalue weighted by atomic mass is 10.0. The summed E-state index contributed by atoms with van der Waals surface area (Å²) in [5.41, 5.74) is 13.0. The van der Waals surface area contributed by atoms with E-state index in [0.717, 1.165) is 35.5 Å². The molecule has 13 heavy (non-hydrogen) atoms. The van der Waals surface area contributed by atoms with Gasteiger partial charge in [0.25, 0.3) is 0 Å². The third-order valence-electron chi connectivity index (χ3n) is 2.32. The van der Waals surface area contributed by atoms with Gasteiger partial charge in [0.15, 0.2) is 0 Å². The minimum absolute atomic E-state index is 0.852. The zero-order chi connectivity index (χ0) is 9.26. The topological polar surface area (TPSA) is 50.4 Å². The first-order valence-corrected chi connectivity index (χ1v) is 4.44. The van der Waals surface area contributed by atoms with Crippen LogP contribution in [-0.4, -0.2) is 12.3 Å². The van der Waals surface area contributed by atoms with Crippen molar-refractivity contribution in [3.05, 3.63) is 29.3 Å². The molecule has 0 saturated carbocycles. The molecule has 1 aliphatic heterocycles. The zero-order valence-corrected chi connectivity index (χ0v) is 7.67. The van der Waals surface area contributed by atoms with Gasteiger partial charge in [-0.05, 0) is 12.5 Å². The molecule has 0 fully saturated rings. The van der Waals surface area contributed by atoms with Crippen molar-refractivity contribution in [3.8, 4) is 0 Å². The van der Waals surface area contributed by atoms with Crippen LogP contribution in [-0.2, 0) is 0 Å². The molecule has 3 N–H and O–H groups in total. The van der Waals surface area contributed by atoms with E-state index in [4.69, 9.17) is 5.73 Å². The maximum atomic E-state index is 5.95. The largest absolute Gasteiger partial charge is 0.398 e. The third kappa shape index (κ3) is 1.37. The summed E-state index contributed by atoms with van der Waals surface area (Å²) >= 11 is 0. The van der Waals surface area contributed by atoms with E-state index >= 15 is 0 Å². The predicted molar refractivity (Wildman–Crippen MR) is 54.7 cm³/mol. The molecule has 68 valence electrons. The summed E-state index contributed by atoms with van der Waals surface area (Å²) in [5.74, 6) is 0. The summed E-state index contributed by atoms with van der Waals surface area (Å²) in [6, 6.07) is 6.05. The molecule has 1 aromatic rings. The Morgan fingerprint density at radius 2 is 2.31 bits per heavy atom. The van der Waals surface area contributed by atoms with Crippen LogP contribution in [0.2, 0.25) is 0 Å². The molecule has 0 radical (unpaired) electrons. The number of benzene rings is 1. The summed E-state index contributed by atoms with van der Waals surface area (Å²) in [4.78, 5) is 0. The van der Waals surface area contributed by atoms with Crippen molar-refractivity contribution in [1.82, 2.24) is 5.43 Å². The molecule has 1 heterocycles. The number of nitrogens with one attached hydrogen (secondary N) is 1. The molecule has 2 rings (SSSR count). The summed E-state index contributed by atoms with van der Waals surface area (Å²) in [6.45, 7) is 2.94. The zero-order valence-electron chi connectivity index (χ0n) is 7.67. The van der Waals surface area contributed by atoms with Gasteiger partial charge in [0.2, 0.25) is 0 Å². The van der Waals surface area contributed by atoms with Crippen molar-refractivity contribution in [1.29, 1.82) is 0 Å². The number of nitrogens with two attached hydrogens (primary N) is 1. The second-order valence-corrected chi connectivity index (χ2v) is 3.25. The normalized spacial score (nSPS) is 15.3. The number of para-hydroxylation sites is 1. The van der Waals surface area contributed by atoms with E-state index in [2.05, 4.69) is 10.5 Å². The Hall–Kier alpha value is -1.51. The standard InChI is InChI=1S/C10H13N3/c1-7-3-2-4-8(10(7)11)9-5-6-12-13-9/h2-4,12H,5-6,11H2,1H3. The van der Waals surface area contributed by atoms with Crippen LogP contribution >= 0.6 is 0 Å². The maximum Gasteiger partial charge on any atom is 0.0714 e. The summed E-state index contributed by atoms with van der Waals surface area (Å²) in [7, 11) is 0. The van der Waals surface area contributed by atoms with Crippen LogP contribution in [0.4, 0.5) is 5.69 Å². The van der Waals surface area contributed by atoms with Gasteiger partial charge in [0, 0.05) is 24.2 Å². The average molecular weight is 175 g/mol. The lowest BCUT2D eigenvalue weighted by molar-refractivity contribution is 0.813. The van der Waals surface area contributed by atoms with Gasteiger partial charge in [-0.2, -0.15) is 5.10 Å². The van der Waals surface area contributed by atoms with Crippen LogP contribution in [0.15, 0.2) is 23.3 Å². The van der Waals surface area contributed by atoms with Crippen molar-refractivity contribution in [2.24, 2.45) is 5.10 Å². The Morgan fingerprint density at radius 1 is 1.46 bits per heavy atom. The third-order valence-corrected chi connectivity index (χ3v) is 2.32. The van der Waals surface area contributed by atoms with E-state index in [1.165, 1.54) is 0 Å². The molecule has 0 atom stereocenters. The van der Waals surface area contributed by atoms with Gasteiger partial charge in [-0.15, -0.1) is 0 Å². The first-order chi connectivity index (χ1) is 6.29. The number of aryl methyl sites for hydroxylation is 1. The lowest BCUT2D eigenvalue weighted by Gasteiger charge is -2.06. The maximum absolute atomic E-state index is 5.95. The van der Waals surface area contributed by atoms with Crippen LogP contribution in [0, 0.1) is 6.92 Å². The molecule has 1 aliphatic rings. The second kappa shape index (κ2) is 3.09. The molecule has 0 saturated heterocycles. The number of rotatable bonds is 1. The van der Waals surface area contributed by atoms with Gasteiger partial charge >= 0.3 is 0 Å². The van der Waals surface area contributed by atoms with E-state index in [0.29, 0.717) is 0 Å². The fraction of sp³-hybridized carbons (Fsp3) is 0.300. The van der Waals surface area contributed by atoms with Crippen molar-refractivity contribution < 1.29 is 0 Å². The van der Waals surface area contributed by atoms with Gasteiger partial charge in [0.1, 0.15) is 0 Å². The van der Waals surface area contributed by atoms with Crippen molar-refractivity contribution in [3.63, 3.8) is 0 Å². The monoisotopic (exact) mass is 175 g/mol. The van der Waals surface area contributed by atoms with Gasteiger partial charge in [-0.25, -0.2) is 0 Å². The Kier molecular flexibility index (Phi) is 1.93. The van der Waals surface area contributed by atoms with Gasteiger partial charge < -0.3 is 11.2 Å². The number of hydrogen-bond donors (Lipinski definition) is 2. The molecule has 1 aromatic carbocycles. The van der Waals surface area contributed by atoms with Crippen LogP contribution in [0.1, 0.15) is 17.5 Å². The number of nitrogens with zero attached hydrogens (tertiary/aromatic N) is 1. The smallest absolute Gasteiger partial charge is 0.0714 e. The Balaban J connectivity index is 2.45. The SMILES string of the molecule is Cc1cccc(C2=NNCC2)c1N. The van der Waals surface area contributed by atoms with Gasteiger partial charge in [-0.1, -0.05) is 18.2 Å². The highest BCUT2D eigenvalue weighted by molar-refractivity contribution is 6.05. The van der Waals surface area contributed by atoms with Crippen molar-refractivity contribution in [2.45, 2.75) is 13.3 Å². The van der Waals surface area contributed by atoms with Crippen LogP contribution in [0.25, 0.3) is 0 Å². The Bertz CT molecular complexity index is 355. The predicted octanol–water partition coefficient (Wildman–Crippen LogP) is 1.27. The molecule has 0 aliphatic carbocycles. The molecule has 0 bridgehead atoms. The molecule has 0 amide bonds. The molecule has 0 aromatic heterocycles. The average Bonchev–Trinajstić information content (AvgIpc) is 2.62. The highest BCUT2D eigenvalue weighted by Gasteiger charge is 2.12. The molecular formula is C10H13N3. The summed E-state index contributed by atoms with van der Waals surface area (Å²) in [5, 5.41) is 4.19. The highest BCUT2D eigenvalue weighted by atomic mass is 15.3. The Morgan fingerprint density at radius 3 is 3.00 bits per heavy atom. The van der Waals surface area contributed by atoms with Gasteiger partial charge in [0.05, 0.1) is 5.71 Å². The Labute approximate surface area is 77.6 Å².